The molecule has 6 heteroatoms. The number of nitrogens with zero attached hydrogens (tertiary/aromatic N) is 3. The van der Waals surface area contributed by atoms with Crippen molar-refractivity contribution in [2.45, 2.75) is 119 Å². The number of aromatic nitrogens is 1. The second kappa shape index (κ2) is 19.4. The van der Waals surface area contributed by atoms with Crippen molar-refractivity contribution < 1.29 is 22.8 Å². The van der Waals surface area contributed by atoms with Crippen LogP contribution in [0.25, 0.3) is 47.9 Å². The zero-order valence-corrected chi connectivity index (χ0v) is 45.2. The van der Waals surface area contributed by atoms with E-state index in [4.69, 9.17) is 13.0 Å². The smallest absolute Gasteiger partial charge is 0.661 e. The molecule has 0 spiro atoms. The molecule has 0 amide bonds. The summed E-state index contributed by atoms with van der Waals surface area (Å²) in [6, 6.07) is 52.4. The first-order valence-corrected chi connectivity index (χ1v) is 27.5. The topological polar surface area (TPSA) is 30.2 Å². The second-order valence-corrected chi connectivity index (χ2v) is 27.4. The van der Waals surface area contributed by atoms with Crippen molar-refractivity contribution >= 4 is 61.8 Å². The molecule has 0 saturated carbocycles. The van der Waals surface area contributed by atoms with Crippen LogP contribution in [0.3, 0.4) is 0 Å². The van der Waals surface area contributed by atoms with Crippen LogP contribution in [-0.4, -0.2) is 13.1 Å². The fourth-order valence-electron chi connectivity index (χ4n) is 8.81. The monoisotopic (exact) mass is 1080 g/mol. The Morgan fingerprint density at radius 3 is 2.05 bits per heavy atom. The van der Waals surface area contributed by atoms with Crippen LogP contribution in [0.15, 0.2) is 134 Å². The van der Waals surface area contributed by atoms with Gasteiger partial charge in [-0.05, 0) is 98.0 Å². The Morgan fingerprint density at radius 2 is 1.39 bits per heavy atom. The van der Waals surface area contributed by atoms with Crippen molar-refractivity contribution in [2.24, 2.45) is 5.41 Å². The van der Waals surface area contributed by atoms with E-state index in [1.807, 2.05) is 50.4 Å². The zero-order valence-electron chi connectivity index (χ0n) is 43.0. The number of pyridine rings is 1. The Kier molecular flexibility index (Phi) is 13.6. The van der Waals surface area contributed by atoms with Crippen LogP contribution in [0.2, 0.25) is 19.6 Å². The van der Waals surface area contributed by atoms with E-state index in [1.54, 1.807) is 0 Å². The standard InChI is InChI=1S/C37H32N2S.C23H34NSi.Ir/c1-23(2)29-21-27(25-12-6-5-7-13-25)22-30(24(3)4)36(29)39-33-16-10-9-15-32(33)38-37(39)26-18-19-35-31(20-26)28-14-8-11-17-34(28)40-35;1-22(2,3)15-18-14-20(24-16-21(18)25(7,8)9)17-11-10-12-19(13-17)23(4,5)6;/h5-17,19-24,37H,1-4H3;10,12-14,16H,15H2,1-9H3;/q-2;-1;+3/i;15D2;. The SMILES string of the molecule is CC(C)c1cc(-c2ccccc2)cc(C(C)C)c1N1c2ccccc2[N-]C1c1[c-]cc2sc3ccccc3c2c1.[2H]C([2H])(c1cc(-c2[c-]ccc(C(C)(C)C)c2)ncc1[Si](C)(C)C)C(C)(C)C.[Ir+3]. The Bertz CT molecular complexity index is 3040. The van der Waals surface area contributed by atoms with Gasteiger partial charge in [-0.2, -0.15) is 23.8 Å². The van der Waals surface area contributed by atoms with E-state index < -0.39 is 19.9 Å². The van der Waals surface area contributed by atoms with Gasteiger partial charge in [0.1, 0.15) is 0 Å². The Morgan fingerprint density at radius 1 is 0.742 bits per heavy atom. The summed E-state index contributed by atoms with van der Waals surface area (Å²) in [6.45, 7) is 28.4. The number of rotatable bonds is 8. The molecule has 0 saturated heterocycles. The molecule has 1 aliphatic heterocycles. The molecule has 2 aromatic heterocycles. The molecule has 0 fully saturated rings. The van der Waals surface area contributed by atoms with Gasteiger partial charge in [-0.25, -0.2) is 11.3 Å². The van der Waals surface area contributed by atoms with Gasteiger partial charge >= 0.3 is 20.1 Å². The molecule has 0 radical (unpaired) electrons. The number of fused-ring (bicyclic) bond motifs is 4. The van der Waals surface area contributed by atoms with E-state index in [0.717, 1.165) is 38.9 Å². The third kappa shape index (κ3) is 10.5. The summed E-state index contributed by atoms with van der Waals surface area (Å²) < 4.78 is 20.4. The molecule has 8 aromatic rings. The van der Waals surface area contributed by atoms with Crippen molar-refractivity contribution in [1.29, 1.82) is 0 Å². The van der Waals surface area contributed by atoms with Gasteiger partial charge in [0.25, 0.3) is 0 Å². The molecule has 66 heavy (non-hydrogen) atoms. The number of anilines is 2. The molecule has 1 aliphatic rings. The van der Waals surface area contributed by atoms with Gasteiger partial charge < -0.3 is 15.2 Å². The molecule has 1 atom stereocenters. The molecule has 0 bridgehead atoms. The molecular formula is C60H66IrN3SSi. The van der Waals surface area contributed by atoms with E-state index in [9.17, 15) is 0 Å². The minimum absolute atomic E-state index is 0. The summed E-state index contributed by atoms with van der Waals surface area (Å²) in [7, 11) is -1.74. The van der Waals surface area contributed by atoms with Gasteiger partial charge in [-0.1, -0.05) is 172 Å². The van der Waals surface area contributed by atoms with E-state index in [0.29, 0.717) is 11.8 Å². The van der Waals surface area contributed by atoms with Crippen LogP contribution >= 0.6 is 11.3 Å². The Labute approximate surface area is 417 Å². The van der Waals surface area contributed by atoms with Gasteiger partial charge in [0.2, 0.25) is 0 Å². The number of hydrogen-bond donors (Lipinski definition) is 0. The van der Waals surface area contributed by atoms with Crippen LogP contribution in [-0.2, 0) is 31.9 Å². The first kappa shape index (κ1) is 46.3. The zero-order chi connectivity index (χ0) is 48.2. The maximum Gasteiger partial charge on any atom is 3.00 e. The third-order valence-corrected chi connectivity index (χ3v) is 15.3. The van der Waals surface area contributed by atoms with Crippen molar-refractivity contribution in [3.63, 3.8) is 0 Å². The number of thiophene rings is 1. The number of para-hydroxylation sites is 2. The van der Waals surface area contributed by atoms with Gasteiger partial charge in [0.05, 0.1) is 8.07 Å². The first-order chi connectivity index (χ1) is 31.5. The minimum atomic E-state index is -1.74. The van der Waals surface area contributed by atoms with Crippen molar-refractivity contribution in [2.75, 3.05) is 4.90 Å². The van der Waals surface area contributed by atoms with Gasteiger partial charge in [-0.15, -0.1) is 46.5 Å². The van der Waals surface area contributed by atoms with Gasteiger partial charge in [0.15, 0.2) is 0 Å². The average molecular weight is 1080 g/mol. The molecule has 340 valence electrons. The summed E-state index contributed by atoms with van der Waals surface area (Å²) in [6.07, 6.45) is 0.290. The fraction of sp³-hybridized carbons (Fsp3) is 0.317. The van der Waals surface area contributed by atoms with E-state index >= 15 is 0 Å². The van der Waals surface area contributed by atoms with Crippen molar-refractivity contribution in [3.8, 4) is 22.4 Å². The van der Waals surface area contributed by atoms with Crippen LogP contribution in [0.4, 0.5) is 17.1 Å². The Hall–Kier alpha value is -4.84. The molecule has 0 N–H and O–H groups in total. The predicted octanol–water partition coefficient (Wildman–Crippen LogP) is 17.6. The second-order valence-electron chi connectivity index (χ2n) is 21.3. The predicted molar refractivity (Wildman–Crippen MR) is 286 cm³/mol. The van der Waals surface area contributed by atoms with Crippen LogP contribution in [0.1, 0.15) is 118 Å². The summed E-state index contributed by atoms with van der Waals surface area (Å²) in [5.74, 6) is 0.689. The van der Waals surface area contributed by atoms with Crippen LogP contribution in [0.5, 0.6) is 0 Å². The minimum Gasteiger partial charge on any atom is -0.661 e. The first-order valence-electron chi connectivity index (χ1n) is 24.2. The van der Waals surface area contributed by atoms with E-state index in [-0.39, 0.29) is 31.7 Å². The Balaban J connectivity index is 0.000000215. The average Bonchev–Trinajstić information content (AvgIpc) is 3.86. The quantitative estimate of drug-likeness (QED) is 0.112. The molecule has 3 nitrogen and oxygen atoms in total. The van der Waals surface area contributed by atoms with Crippen LogP contribution in [0, 0.1) is 17.5 Å². The van der Waals surface area contributed by atoms with Gasteiger partial charge in [0, 0.05) is 25.0 Å². The normalized spacial score (nSPS) is 14.7. The molecular weight excluding hydrogens is 1020 g/mol. The summed E-state index contributed by atoms with van der Waals surface area (Å²) in [4.78, 5) is 7.22. The molecule has 6 aromatic carbocycles. The summed E-state index contributed by atoms with van der Waals surface area (Å²) in [5.41, 5.74) is 13.1. The van der Waals surface area contributed by atoms with E-state index in [2.05, 4.69) is 200 Å². The molecule has 3 heterocycles. The van der Waals surface area contributed by atoms with Crippen LogP contribution < -0.4 is 10.1 Å². The number of hydrogen-bond acceptors (Lipinski definition) is 3. The maximum absolute atomic E-state index is 8.89. The third-order valence-electron chi connectivity index (χ3n) is 12.2. The number of benzene rings is 6. The maximum atomic E-state index is 8.89. The molecule has 0 aliphatic carbocycles. The largest absolute Gasteiger partial charge is 3.00 e. The van der Waals surface area contributed by atoms with E-state index in [1.165, 1.54) is 53.7 Å². The fourth-order valence-corrected chi connectivity index (χ4v) is 11.3. The van der Waals surface area contributed by atoms with Gasteiger partial charge in [-0.3, -0.25) is 0 Å². The summed E-state index contributed by atoms with van der Waals surface area (Å²) in [5, 5.41) is 9.01. The summed E-state index contributed by atoms with van der Waals surface area (Å²) >= 11 is 1.83. The van der Waals surface area contributed by atoms with Crippen molar-refractivity contribution in [1.82, 2.24) is 4.98 Å². The molecule has 9 rings (SSSR count). The van der Waals surface area contributed by atoms with Crippen molar-refractivity contribution in [3.05, 3.63) is 179 Å². The molecule has 1 unspecified atom stereocenters.